The number of nitro groups is 1. The molecular formula is C22H19Cl2N3O6S. The van der Waals surface area contributed by atoms with Crippen LogP contribution in [-0.4, -0.2) is 32.9 Å². The van der Waals surface area contributed by atoms with E-state index in [0.717, 1.165) is 10.4 Å². The monoisotopic (exact) mass is 523 g/mol. The normalized spacial score (nSPS) is 11.1. The number of anilines is 2. The standard InChI is InChI=1S/C22H19Cl2N3O6S/c1-14-3-9-18(12-21(14)27(29)30)34(31,32)26(16-5-7-17(33-2)8-6-16)13-22(28)25-15-4-10-19(23)20(24)11-15/h3-12H,13H2,1-2H3,(H,25,28). The Morgan fingerprint density at radius 1 is 1.06 bits per heavy atom. The lowest BCUT2D eigenvalue weighted by molar-refractivity contribution is -0.385. The lowest BCUT2D eigenvalue weighted by Gasteiger charge is -2.24. The Labute approximate surface area is 206 Å². The smallest absolute Gasteiger partial charge is 0.273 e. The summed E-state index contributed by atoms with van der Waals surface area (Å²) >= 11 is 11.9. The van der Waals surface area contributed by atoms with Crippen molar-refractivity contribution in [2.24, 2.45) is 0 Å². The van der Waals surface area contributed by atoms with Gasteiger partial charge in [-0.2, -0.15) is 0 Å². The maximum Gasteiger partial charge on any atom is 0.273 e. The van der Waals surface area contributed by atoms with Crippen molar-refractivity contribution in [1.29, 1.82) is 0 Å². The number of ether oxygens (including phenoxy) is 1. The van der Waals surface area contributed by atoms with Gasteiger partial charge in [0.05, 0.1) is 32.7 Å². The number of hydrogen-bond acceptors (Lipinski definition) is 6. The van der Waals surface area contributed by atoms with E-state index < -0.39 is 27.4 Å². The summed E-state index contributed by atoms with van der Waals surface area (Å²) in [5.74, 6) is -0.188. The summed E-state index contributed by atoms with van der Waals surface area (Å²) < 4.78 is 33.0. The molecule has 3 rings (SSSR count). The first-order valence-electron chi connectivity index (χ1n) is 9.69. The molecule has 0 saturated heterocycles. The molecule has 3 aromatic carbocycles. The Kier molecular flexibility index (Phi) is 7.65. The van der Waals surface area contributed by atoms with E-state index >= 15 is 0 Å². The van der Waals surface area contributed by atoms with Crippen molar-refractivity contribution in [3.63, 3.8) is 0 Å². The van der Waals surface area contributed by atoms with E-state index in [1.807, 2.05) is 0 Å². The Hall–Kier alpha value is -3.34. The van der Waals surface area contributed by atoms with Crippen LogP contribution < -0.4 is 14.4 Å². The number of halogens is 2. The third kappa shape index (κ3) is 5.58. The van der Waals surface area contributed by atoms with Crippen molar-refractivity contribution in [1.82, 2.24) is 0 Å². The molecule has 178 valence electrons. The van der Waals surface area contributed by atoms with Gasteiger partial charge in [-0.1, -0.05) is 29.3 Å². The number of hydrogen-bond donors (Lipinski definition) is 1. The summed E-state index contributed by atoms with van der Waals surface area (Å²) in [7, 11) is -2.91. The van der Waals surface area contributed by atoms with Crippen LogP contribution >= 0.6 is 23.2 Å². The first-order chi connectivity index (χ1) is 16.0. The molecule has 0 aromatic heterocycles. The fraction of sp³-hybridized carbons (Fsp3) is 0.136. The summed E-state index contributed by atoms with van der Waals surface area (Å²) in [6.45, 7) is 0.886. The zero-order valence-corrected chi connectivity index (χ0v) is 20.3. The van der Waals surface area contributed by atoms with Crippen molar-refractivity contribution in [2.75, 3.05) is 23.3 Å². The van der Waals surface area contributed by atoms with Gasteiger partial charge < -0.3 is 10.1 Å². The van der Waals surface area contributed by atoms with Crippen LogP contribution in [0.15, 0.2) is 65.6 Å². The highest BCUT2D eigenvalue weighted by atomic mass is 35.5. The number of methoxy groups -OCH3 is 1. The van der Waals surface area contributed by atoms with Crippen LogP contribution in [0.5, 0.6) is 5.75 Å². The molecule has 1 amide bonds. The van der Waals surface area contributed by atoms with Gasteiger partial charge in [0.15, 0.2) is 0 Å². The molecule has 0 unspecified atom stereocenters. The number of amides is 1. The molecule has 0 radical (unpaired) electrons. The van der Waals surface area contributed by atoms with Gasteiger partial charge in [-0.15, -0.1) is 0 Å². The highest BCUT2D eigenvalue weighted by molar-refractivity contribution is 7.92. The number of carbonyl (C=O) groups excluding carboxylic acids is 1. The predicted molar refractivity (Wildman–Crippen MR) is 130 cm³/mol. The minimum absolute atomic E-state index is 0.160. The van der Waals surface area contributed by atoms with Gasteiger partial charge in [0.25, 0.3) is 15.7 Å². The fourth-order valence-electron chi connectivity index (χ4n) is 3.04. The Morgan fingerprint density at radius 2 is 1.74 bits per heavy atom. The summed E-state index contributed by atoms with van der Waals surface area (Å²) in [4.78, 5) is 23.1. The van der Waals surface area contributed by atoms with E-state index in [2.05, 4.69) is 5.32 Å². The second-order valence-corrected chi connectivity index (χ2v) is 9.77. The molecule has 0 saturated carbocycles. The molecule has 12 heteroatoms. The van der Waals surface area contributed by atoms with Crippen LogP contribution in [-0.2, 0) is 14.8 Å². The molecule has 0 aliphatic rings. The van der Waals surface area contributed by atoms with Gasteiger partial charge in [-0.05, 0) is 55.5 Å². The fourth-order valence-corrected chi connectivity index (χ4v) is 4.78. The summed E-state index contributed by atoms with van der Waals surface area (Å²) in [6, 6.07) is 14.0. The predicted octanol–water partition coefficient (Wildman–Crippen LogP) is 5.05. The van der Waals surface area contributed by atoms with E-state index in [9.17, 15) is 23.3 Å². The molecule has 0 heterocycles. The molecular weight excluding hydrogens is 505 g/mol. The second-order valence-electron chi connectivity index (χ2n) is 7.09. The van der Waals surface area contributed by atoms with Crippen molar-refractivity contribution in [3.8, 4) is 5.75 Å². The highest BCUT2D eigenvalue weighted by Gasteiger charge is 2.29. The van der Waals surface area contributed by atoms with Gasteiger partial charge >= 0.3 is 0 Å². The zero-order chi connectivity index (χ0) is 25.0. The minimum Gasteiger partial charge on any atom is -0.497 e. The highest BCUT2D eigenvalue weighted by Crippen LogP contribution is 2.29. The molecule has 0 atom stereocenters. The molecule has 9 nitrogen and oxygen atoms in total. The first-order valence-corrected chi connectivity index (χ1v) is 11.9. The molecule has 34 heavy (non-hydrogen) atoms. The zero-order valence-electron chi connectivity index (χ0n) is 18.0. The molecule has 0 fully saturated rings. The molecule has 0 bridgehead atoms. The van der Waals surface area contributed by atoms with Crippen LogP contribution in [0.1, 0.15) is 5.56 Å². The number of nitrogens with one attached hydrogen (secondary N) is 1. The Morgan fingerprint density at radius 3 is 2.32 bits per heavy atom. The summed E-state index contributed by atoms with van der Waals surface area (Å²) in [5, 5.41) is 14.4. The average molecular weight is 524 g/mol. The number of carbonyl (C=O) groups is 1. The van der Waals surface area contributed by atoms with Gasteiger partial charge in [0.1, 0.15) is 12.3 Å². The van der Waals surface area contributed by atoms with Gasteiger partial charge in [0, 0.05) is 17.3 Å². The van der Waals surface area contributed by atoms with Crippen LogP contribution in [0.25, 0.3) is 0 Å². The summed E-state index contributed by atoms with van der Waals surface area (Å²) in [6.07, 6.45) is 0. The van der Waals surface area contributed by atoms with Gasteiger partial charge in [-0.25, -0.2) is 8.42 Å². The van der Waals surface area contributed by atoms with Crippen molar-refractivity contribution in [3.05, 3.63) is 86.4 Å². The SMILES string of the molecule is COc1ccc(N(CC(=O)Nc2ccc(Cl)c(Cl)c2)S(=O)(=O)c2ccc(C)c([N+](=O)[O-])c2)cc1. The largest absolute Gasteiger partial charge is 0.497 e. The second kappa shape index (κ2) is 10.3. The molecule has 0 aliphatic carbocycles. The third-order valence-corrected chi connectivity index (χ3v) is 7.33. The van der Waals surface area contributed by atoms with Crippen LogP contribution in [0.3, 0.4) is 0 Å². The van der Waals surface area contributed by atoms with Gasteiger partial charge in [-0.3, -0.25) is 19.2 Å². The number of benzene rings is 3. The first kappa shape index (κ1) is 25.3. The number of nitro benzene ring substituents is 1. The molecule has 1 N–H and O–H groups in total. The molecule has 0 spiro atoms. The number of nitrogens with zero attached hydrogens (tertiary/aromatic N) is 2. The van der Waals surface area contributed by atoms with E-state index in [4.69, 9.17) is 27.9 Å². The lowest BCUT2D eigenvalue weighted by Crippen LogP contribution is -2.38. The van der Waals surface area contributed by atoms with E-state index in [1.54, 1.807) is 0 Å². The minimum atomic E-state index is -4.37. The maximum atomic E-state index is 13.5. The number of rotatable bonds is 8. The number of aryl methyl sites for hydroxylation is 1. The third-order valence-electron chi connectivity index (χ3n) is 4.82. The van der Waals surface area contributed by atoms with E-state index in [1.165, 1.54) is 68.6 Å². The lowest BCUT2D eigenvalue weighted by atomic mass is 10.2. The van der Waals surface area contributed by atoms with Crippen LogP contribution in [0.2, 0.25) is 10.0 Å². The van der Waals surface area contributed by atoms with Crippen molar-refractivity contribution in [2.45, 2.75) is 11.8 Å². The molecule has 3 aromatic rings. The maximum absolute atomic E-state index is 13.5. The van der Waals surface area contributed by atoms with Crippen molar-refractivity contribution < 1.29 is 22.9 Å². The topological polar surface area (TPSA) is 119 Å². The van der Waals surface area contributed by atoms with E-state index in [-0.39, 0.29) is 21.3 Å². The van der Waals surface area contributed by atoms with E-state index in [0.29, 0.717) is 22.0 Å². The summed E-state index contributed by atoms with van der Waals surface area (Å²) in [5.41, 5.74) is 0.430. The Bertz CT molecular complexity index is 1350. The quantitative estimate of drug-likeness (QED) is 0.325. The van der Waals surface area contributed by atoms with Crippen molar-refractivity contribution >= 4 is 56.2 Å². The number of sulfonamides is 1. The molecule has 0 aliphatic heterocycles. The average Bonchev–Trinajstić information content (AvgIpc) is 2.80. The van der Waals surface area contributed by atoms with Crippen LogP contribution in [0.4, 0.5) is 17.1 Å². The Balaban J connectivity index is 2.00. The van der Waals surface area contributed by atoms with Gasteiger partial charge in [0.2, 0.25) is 5.91 Å². The van der Waals surface area contributed by atoms with Crippen LogP contribution in [0, 0.1) is 17.0 Å².